The first-order valence-electron chi connectivity index (χ1n) is 9.96. The minimum absolute atomic E-state index is 0.0748. The third-order valence-corrected chi connectivity index (χ3v) is 5.81. The SMILES string of the molecule is O=C(COC(=O)c1ccc2c(=O)n3c(nc2c1)CCC3)c1ccc2c(c1)CCC2. The number of carbonyl (C=O) groups is 2. The molecule has 6 nitrogen and oxygen atoms in total. The minimum atomic E-state index is -0.594. The number of ether oxygens (including phenoxy) is 1. The predicted molar refractivity (Wildman–Crippen MR) is 107 cm³/mol. The van der Waals surface area contributed by atoms with E-state index in [0.717, 1.165) is 37.9 Å². The Morgan fingerprint density at radius 1 is 0.966 bits per heavy atom. The second-order valence-electron chi connectivity index (χ2n) is 7.66. The minimum Gasteiger partial charge on any atom is -0.454 e. The predicted octanol–water partition coefficient (Wildman–Crippen LogP) is 2.87. The van der Waals surface area contributed by atoms with Crippen LogP contribution in [0, 0.1) is 0 Å². The molecule has 0 fully saturated rings. The van der Waals surface area contributed by atoms with E-state index in [-0.39, 0.29) is 23.5 Å². The van der Waals surface area contributed by atoms with Gasteiger partial charge in [-0.2, -0.15) is 0 Å². The molecule has 1 aromatic heterocycles. The first kappa shape index (κ1) is 17.8. The molecule has 146 valence electrons. The molecular formula is C23H20N2O4. The zero-order valence-electron chi connectivity index (χ0n) is 15.9. The average molecular weight is 388 g/mol. The number of hydrogen-bond acceptors (Lipinski definition) is 5. The van der Waals surface area contributed by atoms with E-state index in [1.807, 2.05) is 12.1 Å². The number of Topliss-reactive ketones (excluding diaryl/α,β-unsaturated/α-hetero) is 1. The van der Waals surface area contributed by atoms with Crippen molar-refractivity contribution in [3.05, 3.63) is 74.8 Å². The van der Waals surface area contributed by atoms with Crippen LogP contribution in [0.2, 0.25) is 0 Å². The third kappa shape index (κ3) is 3.14. The summed E-state index contributed by atoms with van der Waals surface area (Å²) in [7, 11) is 0. The summed E-state index contributed by atoms with van der Waals surface area (Å²) < 4.78 is 6.93. The lowest BCUT2D eigenvalue weighted by atomic mass is 10.0. The molecule has 6 heteroatoms. The third-order valence-electron chi connectivity index (χ3n) is 5.81. The second kappa shape index (κ2) is 6.95. The zero-order valence-corrected chi connectivity index (χ0v) is 15.9. The lowest BCUT2D eigenvalue weighted by molar-refractivity contribution is 0.0475. The Bertz CT molecular complexity index is 1230. The second-order valence-corrected chi connectivity index (χ2v) is 7.66. The van der Waals surface area contributed by atoms with Crippen molar-refractivity contribution < 1.29 is 14.3 Å². The van der Waals surface area contributed by atoms with Crippen LogP contribution < -0.4 is 5.56 Å². The van der Waals surface area contributed by atoms with Crippen LogP contribution in [0.3, 0.4) is 0 Å². The van der Waals surface area contributed by atoms with Gasteiger partial charge in [0.05, 0.1) is 16.5 Å². The van der Waals surface area contributed by atoms with Crippen molar-refractivity contribution in [3.8, 4) is 0 Å². The fourth-order valence-corrected chi connectivity index (χ4v) is 4.25. The molecule has 3 aromatic rings. The number of fused-ring (bicyclic) bond motifs is 3. The van der Waals surface area contributed by atoms with E-state index in [0.29, 0.717) is 23.0 Å². The van der Waals surface area contributed by atoms with Crippen molar-refractivity contribution in [2.75, 3.05) is 6.61 Å². The summed E-state index contributed by atoms with van der Waals surface area (Å²) in [5, 5.41) is 0.487. The zero-order chi connectivity index (χ0) is 20.0. The van der Waals surface area contributed by atoms with Gasteiger partial charge < -0.3 is 4.74 Å². The van der Waals surface area contributed by atoms with Crippen LogP contribution in [0.15, 0.2) is 41.2 Å². The monoisotopic (exact) mass is 388 g/mol. The Hall–Kier alpha value is -3.28. The summed E-state index contributed by atoms with van der Waals surface area (Å²) in [6.45, 7) is 0.377. The molecule has 2 heterocycles. The highest BCUT2D eigenvalue weighted by atomic mass is 16.5. The Morgan fingerprint density at radius 3 is 2.69 bits per heavy atom. The van der Waals surface area contributed by atoms with Gasteiger partial charge in [-0.1, -0.05) is 12.1 Å². The van der Waals surface area contributed by atoms with Crippen LogP contribution >= 0.6 is 0 Å². The number of nitrogens with zero attached hydrogens (tertiary/aromatic N) is 2. The standard InChI is InChI=1S/C23H20N2O4/c26-20(16-7-6-14-3-1-4-15(14)11-16)13-29-23(28)17-8-9-18-19(12-17)24-21-5-2-10-25(21)22(18)27/h6-9,11-12H,1-5,10,13H2. The number of hydrogen-bond donors (Lipinski definition) is 0. The number of aryl methyl sites for hydroxylation is 3. The van der Waals surface area contributed by atoms with Crippen molar-refractivity contribution in [1.29, 1.82) is 0 Å². The van der Waals surface area contributed by atoms with Crippen LogP contribution in [0.1, 0.15) is 50.5 Å². The van der Waals surface area contributed by atoms with Crippen molar-refractivity contribution in [1.82, 2.24) is 9.55 Å². The fourth-order valence-electron chi connectivity index (χ4n) is 4.25. The van der Waals surface area contributed by atoms with Gasteiger partial charge in [0.25, 0.3) is 5.56 Å². The summed E-state index contributed by atoms with van der Waals surface area (Å²) in [5.74, 6) is -0.0633. The maximum absolute atomic E-state index is 12.5. The highest BCUT2D eigenvalue weighted by molar-refractivity contribution is 6.00. The average Bonchev–Trinajstić information content (AvgIpc) is 3.40. The van der Waals surface area contributed by atoms with E-state index in [1.54, 1.807) is 28.8 Å². The van der Waals surface area contributed by atoms with E-state index in [4.69, 9.17) is 4.74 Å². The summed E-state index contributed by atoms with van der Waals surface area (Å²) in [4.78, 5) is 41.9. The number of rotatable bonds is 4. The van der Waals surface area contributed by atoms with Gasteiger partial charge in [-0.05, 0) is 61.1 Å². The Balaban J connectivity index is 1.33. The van der Waals surface area contributed by atoms with Gasteiger partial charge in [-0.3, -0.25) is 14.2 Å². The fraction of sp³-hybridized carbons (Fsp3) is 0.304. The van der Waals surface area contributed by atoms with Gasteiger partial charge in [-0.25, -0.2) is 9.78 Å². The molecule has 29 heavy (non-hydrogen) atoms. The van der Waals surface area contributed by atoms with Crippen molar-refractivity contribution >= 4 is 22.7 Å². The van der Waals surface area contributed by atoms with Gasteiger partial charge >= 0.3 is 5.97 Å². The van der Waals surface area contributed by atoms with Crippen LogP contribution in [0.25, 0.3) is 10.9 Å². The Labute approximate surface area is 167 Å². The van der Waals surface area contributed by atoms with E-state index in [1.165, 1.54) is 11.1 Å². The molecule has 0 atom stereocenters. The molecule has 0 unspecified atom stereocenters. The number of benzene rings is 2. The molecule has 2 aromatic carbocycles. The molecule has 0 saturated heterocycles. The number of ketones is 1. The molecule has 0 radical (unpaired) electrons. The van der Waals surface area contributed by atoms with Crippen LogP contribution in [-0.2, 0) is 30.5 Å². The first-order valence-corrected chi connectivity index (χ1v) is 9.96. The largest absolute Gasteiger partial charge is 0.454 e. The van der Waals surface area contributed by atoms with Gasteiger partial charge in [0.2, 0.25) is 0 Å². The Kier molecular flexibility index (Phi) is 4.27. The van der Waals surface area contributed by atoms with Crippen LogP contribution in [-0.4, -0.2) is 27.9 Å². The smallest absolute Gasteiger partial charge is 0.338 e. The van der Waals surface area contributed by atoms with Gasteiger partial charge in [-0.15, -0.1) is 0 Å². The number of carbonyl (C=O) groups excluding carboxylic acids is 2. The van der Waals surface area contributed by atoms with Crippen molar-refractivity contribution in [2.45, 2.75) is 38.6 Å². The lowest BCUT2D eigenvalue weighted by Gasteiger charge is -2.08. The van der Waals surface area contributed by atoms with E-state index in [2.05, 4.69) is 4.98 Å². The molecule has 0 amide bonds. The topological polar surface area (TPSA) is 78.3 Å². The van der Waals surface area contributed by atoms with Crippen molar-refractivity contribution in [2.24, 2.45) is 0 Å². The Morgan fingerprint density at radius 2 is 1.79 bits per heavy atom. The van der Waals surface area contributed by atoms with E-state index < -0.39 is 5.97 Å². The molecule has 1 aliphatic carbocycles. The number of aromatic nitrogens is 2. The quantitative estimate of drug-likeness (QED) is 0.507. The van der Waals surface area contributed by atoms with Crippen LogP contribution in [0.5, 0.6) is 0 Å². The van der Waals surface area contributed by atoms with Crippen LogP contribution in [0.4, 0.5) is 0 Å². The van der Waals surface area contributed by atoms with Gasteiger partial charge in [0, 0.05) is 18.5 Å². The maximum Gasteiger partial charge on any atom is 0.338 e. The van der Waals surface area contributed by atoms with E-state index in [9.17, 15) is 14.4 Å². The normalized spacial score (nSPS) is 14.6. The molecule has 0 saturated carbocycles. The summed E-state index contributed by atoms with van der Waals surface area (Å²) in [5.41, 5.74) is 3.78. The molecule has 1 aliphatic heterocycles. The summed E-state index contributed by atoms with van der Waals surface area (Å²) in [6, 6.07) is 10.4. The summed E-state index contributed by atoms with van der Waals surface area (Å²) in [6.07, 6.45) is 4.82. The van der Waals surface area contributed by atoms with Gasteiger partial charge in [0.1, 0.15) is 5.82 Å². The van der Waals surface area contributed by atoms with Crippen molar-refractivity contribution in [3.63, 3.8) is 0 Å². The molecule has 0 bridgehead atoms. The maximum atomic E-state index is 12.5. The van der Waals surface area contributed by atoms with E-state index >= 15 is 0 Å². The molecule has 5 rings (SSSR count). The highest BCUT2D eigenvalue weighted by Crippen LogP contribution is 2.23. The van der Waals surface area contributed by atoms with Gasteiger partial charge in [0.15, 0.2) is 12.4 Å². The number of esters is 1. The first-order chi connectivity index (χ1) is 14.1. The highest BCUT2D eigenvalue weighted by Gasteiger charge is 2.19. The lowest BCUT2D eigenvalue weighted by Crippen LogP contribution is -2.21. The molecular weight excluding hydrogens is 368 g/mol. The molecule has 0 N–H and O–H groups in total. The molecule has 2 aliphatic rings. The molecule has 0 spiro atoms. The summed E-state index contributed by atoms with van der Waals surface area (Å²) >= 11 is 0.